The Kier molecular flexibility index (Phi) is 5.53. The number of hydrogen-bond acceptors (Lipinski definition) is 3. The largest absolute Gasteiger partial charge is 0.490 e. The van der Waals surface area contributed by atoms with Gasteiger partial charge in [-0.1, -0.05) is 13.8 Å². The van der Waals surface area contributed by atoms with E-state index in [9.17, 15) is 0 Å². The number of rotatable bonds is 6. The van der Waals surface area contributed by atoms with Crippen molar-refractivity contribution >= 4 is 17.4 Å². The molecule has 3 nitrogen and oxygen atoms in total. The molecule has 1 N–H and O–H groups in total. The van der Waals surface area contributed by atoms with Crippen LogP contribution in [0.3, 0.4) is 0 Å². The Hall–Kier alpha value is -0.960. The smallest absolute Gasteiger partial charge is 0.169 e. The molecule has 1 heterocycles. The lowest BCUT2D eigenvalue weighted by Gasteiger charge is -2.39. The number of anilines is 1. The van der Waals surface area contributed by atoms with Gasteiger partial charge in [0.05, 0.1) is 12.1 Å². The second kappa shape index (κ2) is 7.16. The molecule has 112 valence electrons. The van der Waals surface area contributed by atoms with Gasteiger partial charge in [-0.15, -0.1) is 11.6 Å². The Balaban J connectivity index is 2.11. The number of halogens is 1. The summed E-state index contributed by atoms with van der Waals surface area (Å²) in [5, 5.41) is 3.57. The average molecular weight is 297 g/mol. The fourth-order valence-corrected chi connectivity index (χ4v) is 3.00. The molecule has 4 heteroatoms. The van der Waals surface area contributed by atoms with Gasteiger partial charge in [0.1, 0.15) is 0 Å². The van der Waals surface area contributed by atoms with Crippen LogP contribution >= 0.6 is 11.6 Å². The van der Waals surface area contributed by atoms with Crippen molar-refractivity contribution in [1.82, 2.24) is 4.98 Å². The van der Waals surface area contributed by atoms with Crippen LogP contribution in [0.15, 0.2) is 18.3 Å². The highest BCUT2D eigenvalue weighted by molar-refractivity contribution is 6.18. The fraction of sp³-hybridized carbons (Fsp3) is 0.688. The van der Waals surface area contributed by atoms with Gasteiger partial charge in [0.25, 0.3) is 0 Å². The summed E-state index contributed by atoms with van der Waals surface area (Å²) in [6.45, 7) is 5.13. The van der Waals surface area contributed by atoms with E-state index in [1.807, 2.05) is 12.1 Å². The Labute approximate surface area is 127 Å². The van der Waals surface area contributed by atoms with Crippen LogP contribution in [0.25, 0.3) is 0 Å². The summed E-state index contributed by atoms with van der Waals surface area (Å²) in [6.07, 6.45) is 7.43. The number of ether oxygens (including phenoxy) is 1. The molecule has 0 saturated heterocycles. The van der Waals surface area contributed by atoms with Gasteiger partial charge < -0.3 is 10.1 Å². The van der Waals surface area contributed by atoms with Gasteiger partial charge in [0, 0.05) is 12.1 Å². The molecule has 0 spiro atoms. The zero-order valence-corrected chi connectivity index (χ0v) is 13.2. The first-order valence-electron chi connectivity index (χ1n) is 7.61. The molecule has 1 aromatic rings. The van der Waals surface area contributed by atoms with Crippen molar-refractivity contribution in [1.29, 1.82) is 0 Å². The quantitative estimate of drug-likeness (QED) is 0.787. The van der Waals surface area contributed by atoms with Crippen molar-refractivity contribution in [3.8, 4) is 5.75 Å². The van der Waals surface area contributed by atoms with Gasteiger partial charge in [-0.05, 0) is 50.2 Å². The van der Waals surface area contributed by atoms with E-state index in [1.54, 1.807) is 6.20 Å². The normalized spacial score (nSPS) is 26.2. The van der Waals surface area contributed by atoms with Gasteiger partial charge in [-0.25, -0.2) is 4.98 Å². The van der Waals surface area contributed by atoms with E-state index >= 15 is 0 Å². The van der Waals surface area contributed by atoms with Crippen molar-refractivity contribution in [3.05, 3.63) is 18.3 Å². The number of nitrogens with zero attached hydrogens (tertiary/aromatic N) is 1. The molecule has 0 bridgehead atoms. The third-order valence-electron chi connectivity index (χ3n) is 4.10. The molecular formula is C16H25ClN2O. The minimum Gasteiger partial charge on any atom is -0.490 e. The summed E-state index contributed by atoms with van der Waals surface area (Å²) in [6, 6.07) is 3.88. The summed E-state index contributed by atoms with van der Waals surface area (Å²) in [5.74, 6) is 3.07. The molecule has 1 aliphatic rings. The summed E-state index contributed by atoms with van der Waals surface area (Å²) >= 11 is 6.26. The Morgan fingerprint density at radius 3 is 2.85 bits per heavy atom. The van der Waals surface area contributed by atoms with Crippen molar-refractivity contribution in [2.24, 2.45) is 5.92 Å². The van der Waals surface area contributed by atoms with E-state index in [1.165, 1.54) is 12.8 Å². The second-order valence-electron chi connectivity index (χ2n) is 5.92. The Morgan fingerprint density at radius 1 is 1.45 bits per heavy atom. The molecule has 1 aromatic heterocycles. The number of pyridine rings is 1. The molecule has 1 aliphatic carbocycles. The molecular weight excluding hydrogens is 272 g/mol. The highest BCUT2D eigenvalue weighted by atomic mass is 35.5. The van der Waals surface area contributed by atoms with Crippen LogP contribution in [0.5, 0.6) is 5.75 Å². The van der Waals surface area contributed by atoms with E-state index < -0.39 is 0 Å². The number of hydrogen-bond donors (Lipinski definition) is 1. The molecule has 1 saturated carbocycles. The van der Waals surface area contributed by atoms with E-state index in [0.29, 0.717) is 12.5 Å². The maximum atomic E-state index is 6.26. The molecule has 0 amide bonds. The summed E-state index contributed by atoms with van der Waals surface area (Å²) < 4.78 is 5.77. The zero-order valence-electron chi connectivity index (χ0n) is 12.5. The van der Waals surface area contributed by atoms with E-state index in [2.05, 4.69) is 24.1 Å². The minimum atomic E-state index is -0.0350. The van der Waals surface area contributed by atoms with Gasteiger partial charge >= 0.3 is 0 Å². The standard InChI is InChI=1S/C16H25ClN2O/c1-3-11-20-14-5-4-10-18-15(14)19-16(12-17)8-6-13(2)7-9-16/h4-5,10,13H,3,6-9,11-12H2,1-2H3,(H,18,19). The lowest BCUT2D eigenvalue weighted by Crippen LogP contribution is -2.43. The van der Waals surface area contributed by atoms with E-state index in [0.717, 1.165) is 36.7 Å². The highest BCUT2D eigenvalue weighted by Gasteiger charge is 2.34. The molecule has 0 aliphatic heterocycles. The molecule has 0 unspecified atom stereocenters. The van der Waals surface area contributed by atoms with Crippen LogP contribution in [-0.4, -0.2) is 23.0 Å². The molecule has 0 radical (unpaired) electrons. The van der Waals surface area contributed by atoms with Crippen LogP contribution in [0, 0.1) is 5.92 Å². The average Bonchev–Trinajstić information content (AvgIpc) is 2.49. The predicted molar refractivity (Wildman–Crippen MR) is 84.7 cm³/mol. The van der Waals surface area contributed by atoms with E-state index in [-0.39, 0.29) is 5.54 Å². The summed E-state index contributed by atoms with van der Waals surface area (Å²) in [7, 11) is 0. The Bertz CT molecular complexity index is 417. The van der Waals surface area contributed by atoms with Crippen LogP contribution in [0.1, 0.15) is 46.0 Å². The predicted octanol–water partition coefficient (Wildman–Crippen LogP) is 4.47. The molecule has 2 rings (SSSR count). The van der Waals surface area contributed by atoms with Crippen molar-refractivity contribution in [2.75, 3.05) is 17.8 Å². The topological polar surface area (TPSA) is 34.1 Å². The van der Waals surface area contributed by atoms with Crippen LogP contribution in [0.4, 0.5) is 5.82 Å². The van der Waals surface area contributed by atoms with Gasteiger partial charge in [0.15, 0.2) is 11.6 Å². The monoisotopic (exact) mass is 296 g/mol. The number of aromatic nitrogens is 1. The molecule has 1 fully saturated rings. The van der Waals surface area contributed by atoms with Gasteiger partial charge in [-0.3, -0.25) is 0 Å². The van der Waals surface area contributed by atoms with Crippen molar-refractivity contribution in [2.45, 2.75) is 51.5 Å². The number of alkyl halides is 1. The first-order valence-corrected chi connectivity index (χ1v) is 8.14. The molecule has 0 atom stereocenters. The lowest BCUT2D eigenvalue weighted by molar-refractivity contribution is 0.282. The van der Waals surface area contributed by atoms with Gasteiger partial charge in [0.2, 0.25) is 0 Å². The van der Waals surface area contributed by atoms with Gasteiger partial charge in [-0.2, -0.15) is 0 Å². The fourth-order valence-electron chi connectivity index (χ4n) is 2.67. The third-order valence-corrected chi connectivity index (χ3v) is 4.61. The first-order chi connectivity index (χ1) is 9.69. The minimum absolute atomic E-state index is 0.0350. The third kappa shape index (κ3) is 3.78. The maximum Gasteiger partial charge on any atom is 0.169 e. The lowest BCUT2D eigenvalue weighted by atomic mass is 9.78. The van der Waals surface area contributed by atoms with Crippen LogP contribution in [0.2, 0.25) is 0 Å². The van der Waals surface area contributed by atoms with Crippen LogP contribution < -0.4 is 10.1 Å². The molecule has 20 heavy (non-hydrogen) atoms. The summed E-state index contributed by atoms with van der Waals surface area (Å²) in [4.78, 5) is 4.44. The Morgan fingerprint density at radius 2 is 2.20 bits per heavy atom. The highest BCUT2D eigenvalue weighted by Crippen LogP contribution is 2.37. The second-order valence-corrected chi connectivity index (χ2v) is 6.19. The zero-order chi connectivity index (χ0) is 14.4. The first kappa shape index (κ1) is 15.4. The van der Waals surface area contributed by atoms with Crippen LogP contribution in [-0.2, 0) is 0 Å². The SMILES string of the molecule is CCCOc1cccnc1NC1(CCl)CCC(C)CC1. The van der Waals surface area contributed by atoms with Crippen molar-refractivity contribution < 1.29 is 4.74 Å². The van der Waals surface area contributed by atoms with Crippen molar-refractivity contribution in [3.63, 3.8) is 0 Å². The summed E-state index contributed by atoms with van der Waals surface area (Å²) in [5.41, 5.74) is -0.0350. The molecule has 0 aromatic carbocycles. The number of nitrogens with one attached hydrogen (secondary N) is 1. The maximum absolute atomic E-state index is 6.26. The van der Waals surface area contributed by atoms with E-state index in [4.69, 9.17) is 16.3 Å².